The van der Waals surface area contributed by atoms with Crippen LogP contribution in [0.25, 0.3) is 0 Å². The summed E-state index contributed by atoms with van der Waals surface area (Å²) in [6.45, 7) is 0.896. The summed E-state index contributed by atoms with van der Waals surface area (Å²) in [6.07, 6.45) is 3.89. The molecule has 2 rings (SSSR count). The molecule has 0 amide bonds. The van der Waals surface area contributed by atoms with Gasteiger partial charge in [-0.25, -0.2) is 4.39 Å². The first-order valence-electron chi connectivity index (χ1n) is 4.95. The fourth-order valence-electron chi connectivity index (χ4n) is 1.59. The van der Waals surface area contributed by atoms with Crippen molar-refractivity contribution in [3.8, 4) is 0 Å². The molecule has 0 radical (unpaired) electrons. The molecule has 14 heavy (non-hydrogen) atoms. The molecule has 3 heteroatoms. The van der Waals surface area contributed by atoms with Crippen LogP contribution in [-0.2, 0) is 0 Å². The Morgan fingerprint density at radius 1 is 1.43 bits per heavy atom. The van der Waals surface area contributed by atoms with Gasteiger partial charge in [0.2, 0.25) is 0 Å². The van der Waals surface area contributed by atoms with Gasteiger partial charge in [-0.05, 0) is 46.8 Å². The molecule has 1 aliphatic rings. The van der Waals surface area contributed by atoms with Gasteiger partial charge in [0.1, 0.15) is 0 Å². The molecule has 76 valence electrons. The smallest absolute Gasteiger partial charge is 0.160 e. The molecule has 1 aromatic rings. The van der Waals surface area contributed by atoms with E-state index in [1.54, 1.807) is 12.1 Å². The number of hydrogen-bond acceptors (Lipinski definition) is 1. The highest BCUT2D eigenvalue weighted by Gasteiger charge is 2.17. The molecule has 1 saturated carbocycles. The van der Waals surface area contributed by atoms with Gasteiger partial charge in [-0.3, -0.25) is 0 Å². The maximum absolute atomic E-state index is 13.5. The molecule has 1 aromatic carbocycles. The van der Waals surface area contributed by atoms with Crippen LogP contribution in [-0.4, -0.2) is 6.54 Å². The van der Waals surface area contributed by atoms with Gasteiger partial charge in [0.25, 0.3) is 0 Å². The highest BCUT2D eigenvalue weighted by atomic mass is 79.9. The van der Waals surface area contributed by atoms with Gasteiger partial charge in [0.15, 0.2) is 5.82 Å². The number of rotatable bonds is 3. The van der Waals surface area contributed by atoms with E-state index in [1.165, 1.54) is 19.3 Å². The summed E-state index contributed by atoms with van der Waals surface area (Å²) in [4.78, 5) is 0. The van der Waals surface area contributed by atoms with Gasteiger partial charge in [-0.15, -0.1) is 0 Å². The quantitative estimate of drug-likeness (QED) is 0.869. The second-order valence-corrected chi connectivity index (χ2v) is 4.63. The highest BCUT2D eigenvalue weighted by Crippen LogP contribution is 2.28. The largest absolute Gasteiger partial charge is 0.382 e. The molecule has 1 aliphatic carbocycles. The molecule has 0 bridgehead atoms. The lowest BCUT2D eigenvalue weighted by Gasteiger charge is -2.26. The molecular formula is C11H13BrFN. The third-order valence-corrected chi connectivity index (χ3v) is 3.37. The maximum atomic E-state index is 13.5. The monoisotopic (exact) mass is 257 g/mol. The Hall–Kier alpha value is -0.570. The van der Waals surface area contributed by atoms with Crippen molar-refractivity contribution in [2.75, 3.05) is 11.9 Å². The van der Waals surface area contributed by atoms with Crippen LogP contribution in [0.5, 0.6) is 0 Å². The van der Waals surface area contributed by atoms with E-state index in [9.17, 15) is 4.39 Å². The first kappa shape index (κ1) is 9.97. The van der Waals surface area contributed by atoms with Crippen LogP contribution in [0.15, 0.2) is 22.7 Å². The molecule has 0 spiro atoms. The predicted octanol–water partition coefficient (Wildman–Crippen LogP) is 3.80. The normalized spacial score (nSPS) is 16.4. The Kier molecular flexibility index (Phi) is 3.06. The Morgan fingerprint density at radius 3 is 2.86 bits per heavy atom. The van der Waals surface area contributed by atoms with E-state index in [0.717, 1.165) is 12.5 Å². The summed E-state index contributed by atoms with van der Waals surface area (Å²) in [7, 11) is 0. The van der Waals surface area contributed by atoms with Crippen LogP contribution in [0, 0.1) is 11.7 Å². The SMILES string of the molecule is Fc1c(Br)cccc1NCC1CCC1. The minimum absolute atomic E-state index is 0.188. The summed E-state index contributed by atoms with van der Waals surface area (Å²) in [5, 5.41) is 3.15. The third kappa shape index (κ3) is 2.08. The Balaban J connectivity index is 1.97. The van der Waals surface area contributed by atoms with Crippen molar-refractivity contribution in [1.29, 1.82) is 0 Å². The van der Waals surface area contributed by atoms with Crippen LogP contribution in [0.4, 0.5) is 10.1 Å². The van der Waals surface area contributed by atoms with Gasteiger partial charge < -0.3 is 5.32 Å². The van der Waals surface area contributed by atoms with Crippen molar-refractivity contribution in [3.63, 3.8) is 0 Å². The average Bonchev–Trinajstić information content (AvgIpc) is 2.09. The predicted molar refractivity (Wildman–Crippen MR) is 59.9 cm³/mol. The molecule has 0 heterocycles. The lowest BCUT2D eigenvalue weighted by molar-refractivity contribution is 0.333. The zero-order valence-corrected chi connectivity index (χ0v) is 9.48. The van der Waals surface area contributed by atoms with Crippen LogP contribution >= 0.6 is 15.9 Å². The van der Waals surface area contributed by atoms with Gasteiger partial charge in [-0.2, -0.15) is 0 Å². The number of nitrogens with one attached hydrogen (secondary N) is 1. The zero-order valence-electron chi connectivity index (χ0n) is 7.89. The lowest BCUT2D eigenvalue weighted by atomic mass is 9.85. The van der Waals surface area contributed by atoms with Gasteiger partial charge in [0, 0.05) is 6.54 Å². The van der Waals surface area contributed by atoms with Gasteiger partial charge in [-0.1, -0.05) is 12.5 Å². The first-order valence-corrected chi connectivity index (χ1v) is 5.74. The van der Waals surface area contributed by atoms with Crippen molar-refractivity contribution in [2.24, 2.45) is 5.92 Å². The number of benzene rings is 1. The maximum Gasteiger partial charge on any atom is 0.160 e. The van der Waals surface area contributed by atoms with Crippen molar-refractivity contribution in [3.05, 3.63) is 28.5 Å². The average molecular weight is 258 g/mol. The summed E-state index contributed by atoms with van der Waals surface area (Å²) in [6, 6.07) is 5.33. The number of halogens is 2. The van der Waals surface area contributed by atoms with E-state index < -0.39 is 0 Å². The minimum atomic E-state index is -0.188. The van der Waals surface area contributed by atoms with Crippen LogP contribution < -0.4 is 5.32 Å². The third-order valence-electron chi connectivity index (χ3n) is 2.76. The van der Waals surface area contributed by atoms with E-state index >= 15 is 0 Å². The van der Waals surface area contributed by atoms with Crippen molar-refractivity contribution in [1.82, 2.24) is 0 Å². The standard InChI is InChI=1S/C11H13BrFN/c12-9-5-2-6-10(11(9)13)14-7-8-3-1-4-8/h2,5-6,8,14H,1,3-4,7H2. The molecule has 0 aromatic heterocycles. The highest BCUT2D eigenvalue weighted by molar-refractivity contribution is 9.10. The Morgan fingerprint density at radius 2 is 2.21 bits per heavy atom. The molecule has 1 fully saturated rings. The molecule has 0 aliphatic heterocycles. The van der Waals surface area contributed by atoms with E-state index in [0.29, 0.717) is 10.2 Å². The van der Waals surface area contributed by atoms with Crippen molar-refractivity contribution < 1.29 is 4.39 Å². The van der Waals surface area contributed by atoms with Crippen molar-refractivity contribution in [2.45, 2.75) is 19.3 Å². The summed E-state index contributed by atoms with van der Waals surface area (Å²) in [5.41, 5.74) is 0.603. The van der Waals surface area contributed by atoms with Crippen LogP contribution in [0.2, 0.25) is 0 Å². The molecular weight excluding hydrogens is 245 g/mol. The van der Waals surface area contributed by atoms with E-state index in [4.69, 9.17) is 0 Å². The number of anilines is 1. The molecule has 0 saturated heterocycles. The van der Waals surface area contributed by atoms with Crippen LogP contribution in [0.3, 0.4) is 0 Å². The number of hydrogen-bond donors (Lipinski definition) is 1. The Bertz CT molecular complexity index is 323. The minimum Gasteiger partial charge on any atom is -0.382 e. The van der Waals surface area contributed by atoms with E-state index in [1.807, 2.05) is 6.07 Å². The second kappa shape index (κ2) is 4.30. The summed E-state index contributed by atoms with van der Waals surface area (Å²) in [5.74, 6) is 0.556. The summed E-state index contributed by atoms with van der Waals surface area (Å²) >= 11 is 3.17. The molecule has 1 N–H and O–H groups in total. The fraction of sp³-hybridized carbons (Fsp3) is 0.455. The topological polar surface area (TPSA) is 12.0 Å². The lowest BCUT2D eigenvalue weighted by Crippen LogP contribution is -2.21. The van der Waals surface area contributed by atoms with Crippen LogP contribution in [0.1, 0.15) is 19.3 Å². The van der Waals surface area contributed by atoms with Crippen molar-refractivity contribution >= 4 is 21.6 Å². The molecule has 0 unspecified atom stereocenters. The van der Waals surface area contributed by atoms with Gasteiger partial charge >= 0.3 is 0 Å². The first-order chi connectivity index (χ1) is 6.77. The fourth-order valence-corrected chi connectivity index (χ4v) is 1.96. The molecule has 0 atom stereocenters. The molecule has 1 nitrogen and oxygen atoms in total. The zero-order chi connectivity index (χ0) is 9.97. The van der Waals surface area contributed by atoms with Gasteiger partial charge in [0.05, 0.1) is 10.2 Å². The van der Waals surface area contributed by atoms with E-state index in [-0.39, 0.29) is 5.82 Å². The Labute approximate surface area is 91.8 Å². The summed E-state index contributed by atoms with van der Waals surface area (Å²) < 4.78 is 14.0. The van der Waals surface area contributed by atoms with E-state index in [2.05, 4.69) is 21.2 Å². The second-order valence-electron chi connectivity index (χ2n) is 3.78.